The first-order chi connectivity index (χ1) is 13.1. The Morgan fingerprint density at radius 1 is 1.41 bits per heavy atom. The van der Waals surface area contributed by atoms with Crippen molar-refractivity contribution in [2.24, 2.45) is 7.05 Å². The van der Waals surface area contributed by atoms with E-state index in [4.69, 9.17) is 4.74 Å². The summed E-state index contributed by atoms with van der Waals surface area (Å²) in [5.41, 5.74) is 1.12. The number of aromatic nitrogens is 3. The third kappa shape index (κ3) is 3.66. The van der Waals surface area contributed by atoms with Gasteiger partial charge in [-0.25, -0.2) is 4.98 Å². The average Bonchev–Trinajstić information content (AvgIpc) is 3.30. The van der Waals surface area contributed by atoms with E-state index in [0.29, 0.717) is 13.0 Å². The molecule has 2 aromatic heterocycles. The van der Waals surface area contributed by atoms with E-state index in [0.717, 1.165) is 56.2 Å². The fourth-order valence-electron chi connectivity index (χ4n) is 4.06. The van der Waals surface area contributed by atoms with Crippen molar-refractivity contribution in [1.82, 2.24) is 25.0 Å². The van der Waals surface area contributed by atoms with E-state index in [9.17, 15) is 4.79 Å². The van der Waals surface area contributed by atoms with Gasteiger partial charge in [0, 0.05) is 38.0 Å². The fourth-order valence-corrected chi connectivity index (χ4v) is 5.38. The first-order valence-corrected chi connectivity index (χ1v) is 10.5. The van der Waals surface area contributed by atoms with E-state index in [2.05, 4.69) is 33.3 Å². The molecule has 1 saturated heterocycles. The molecule has 27 heavy (non-hydrogen) atoms. The molecule has 1 amide bonds. The molecule has 146 valence electrons. The molecule has 1 spiro atoms. The molecule has 0 saturated carbocycles. The lowest BCUT2D eigenvalue weighted by molar-refractivity contribution is -0.0944. The number of carbonyl (C=O) groups excluding carboxylic acids is 1. The molecule has 0 aliphatic carbocycles. The minimum atomic E-state index is -0.179. The van der Waals surface area contributed by atoms with Gasteiger partial charge in [0.25, 0.3) is 5.91 Å². The molecule has 0 unspecified atom stereocenters. The summed E-state index contributed by atoms with van der Waals surface area (Å²) < 4.78 is 8.03. The number of amides is 1. The number of ether oxygens (including phenoxy) is 1. The fraction of sp³-hybridized carbons (Fsp3) is 0.632. The number of fused-ring (bicyclic) bond motifs is 2. The Bertz CT molecular complexity index is 807. The topological polar surface area (TPSA) is 72.3 Å². The van der Waals surface area contributed by atoms with Crippen molar-refractivity contribution in [2.75, 3.05) is 32.8 Å². The molecule has 7 nitrogen and oxygen atoms in total. The van der Waals surface area contributed by atoms with Gasteiger partial charge < -0.3 is 15.0 Å². The molecular formula is C19H27N5O2S. The number of thiophene rings is 1. The Balaban J connectivity index is 1.43. The number of hydrogen-bond acceptors (Lipinski definition) is 6. The van der Waals surface area contributed by atoms with Gasteiger partial charge in [-0.1, -0.05) is 6.92 Å². The number of hydrogen-bond donors (Lipinski definition) is 1. The van der Waals surface area contributed by atoms with E-state index in [1.165, 1.54) is 16.8 Å². The summed E-state index contributed by atoms with van der Waals surface area (Å²) in [7, 11) is 1.86. The van der Waals surface area contributed by atoms with Crippen LogP contribution in [0.3, 0.4) is 0 Å². The van der Waals surface area contributed by atoms with E-state index in [1.54, 1.807) is 16.0 Å². The molecule has 4 heterocycles. The summed E-state index contributed by atoms with van der Waals surface area (Å²) in [5.74, 6) is 0.869. The van der Waals surface area contributed by atoms with Gasteiger partial charge in [0.05, 0.1) is 11.5 Å². The van der Waals surface area contributed by atoms with Crippen molar-refractivity contribution in [3.05, 3.63) is 33.5 Å². The average molecular weight is 390 g/mol. The summed E-state index contributed by atoms with van der Waals surface area (Å²) in [6.07, 6.45) is 5.14. The molecule has 0 atom stereocenters. The van der Waals surface area contributed by atoms with Crippen LogP contribution in [0.15, 0.2) is 12.4 Å². The molecule has 0 aromatic carbocycles. The second kappa shape index (κ2) is 7.69. The largest absolute Gasteiger partial charge is 0.369 e. The van der Waals surface area contributed by atoms with E-state index in [-0.39, 0.29) is 11.5 Å². The minimum Gasteiger partial charge on any atom is -0.369 e. The number of rotatable bonds is 5. The highest BCUT2D eigenvalue weighted by Crippen LogP contribution is 2.45. The van der Waals surface area contributed by atoms with Crippen LogP contribution in [0.25, 0.3) is 0 Å². The normalized spacial score (nSPS) is 19.2. The molecular weight excluding hydrogens is 362 g/mol. The molecule has 2 aliphatic rings. The predicted octanol–water partition coefficient (Wildman–Crippen LogP) is 1.73. The van der Waals surface area contributed by atoms with Gasteiger partial charge in [0.15, 0.2) is 0 Å². The quantitative estimate of drug-likeness (QED) is 0.843. The maximum atomic E-state index is 12.7. The summed E-state index contributed by atoms with van der Waals surface area (Å²) in [5, 5.41) is 7.08. The minimum absolute atomic E-state index is 0.00212. The van der Waals surface area contributed by atoms with Crippen molar-refractivity contribution >= 4 is 17.2 Å². The number of likely N-dealkylation sites (tertiary alicyclic amines) is 1. The maximum Gasteiger partial charge on any atom is 0.261 e. The summed E-state index contributed by atoms with van der Waals surface area (Å²) in [6.45, 7) is 6.73. The van der Waals surface area contributed by atoms with Crippen LogP contribution in [0.4, 0.5) is 0 Å². The summed E-state index contributed by atoms with van der Waals surface area (Å²) in [4.78, 5) is 21.4. The Morgan fingerprint density at radius 2 is 2.22 bits per heavy atom. The summed E-state index contributed by atoms with van der Waals surface area (Å²) in [6, 6.07) is 2.08. The van der Waals surface area contributed by atoms with Gasteiger partial charge in [0.1, 0.15) is 17.8 Å². The molecule has 2 aliphatic heterocycles. The van der Waals surface area contributed by atoms with Crippen LogP contribution < -0.4 is 5.32 Å². The standard InChI is InChI=1S/C19H27N5O2S/c1-3-24-9-6-19(7-10-24)17-14(5-11-26-19)12-15(27-17)18(25)20-8-4-16-21-13-22-23(16)2/h12-13H,3-11H2,1-2H3,(H,20,25). The number of nitrogens with one attached hydrogen (secondary N) is 1. The third-order valence-electron chi connectivity index (χ3n) is 5.75. The monoisotopic (exact) mass is 389 g/mol. The lowest BCUT2D eigenvalue weighted by Gasteiger charge is -2.43. The summed E-state index contributed by atoms with van der Waals surface area (Å²) >= 11 is 1.62. The Kier molecular flexibility index (Phi) is 5.29. The highest BCUT2D eigenvalue weighted by atomic mass is 32.1. The second-order valence-corrected chi connectivity index (χ2v) is 8.35. The van der Waals surface area contributed by atoms with Gasteiger partial charge in [-0.3, -0.25) is 9.48 Å². The first-order valence-electron chi connectivity index (χ1n) is 9.72. The van der Waals surface area contributed by atoms with E-state index < -0.39 is 0 Å². The van der Waals surface area contributed by atoms with Crippen molar-refractivity contribution in [3.8, 4) is 0 Å². The first kappa shape index (κ1) is 18.6. The molecule has 8 heteroatoms. The smallest absolute Gasteiger partial charge is 0.261 e. The van der Waals surface area contributed by atoms with Crippen molar-refractivity contribution in [2.45, 2.75) is 38.2 Å². The zero-order valence-corrected chi connectivity index (χ0v) is 16.8. The van der Waals surface area contributed by atoms with Crippen LogP contribution in [-0.4, -0.2) is 58.4 Å². The lowest BCUT2D eigenvalue weighted by Crippen LogP contribution is -2.45. The van der Waals surface area contributed by atoms with Gasteiger partial charge >= 0.3 is 0 Å². The molecule has 0 radical (unpaired) electrons. The molecule has 1 fully saturated rings. The Hall–Kier alpha value is -1.77. The number of piperidine rings is 1. The highest BCUT2D eigenvalue weighted by Gasteiger charge is 2.42. The second-order valence-electron chi connectivity index (χ2n) is 7.30. The van der Waals surface area contributed by atoms with Crippen LogP contribution in [0, 0.1) is 0 Å². The van der Waals surface area contributed by atoms with Crippen LogP contribution in [0.2, 0.25) is 0 Å². The Labute approximate surface area is 163 Å². The van der Waals surface area contributed by atoms with Crippen molar-refractivity contribution in [3.63, 3.8) is 0 Å². The van der Waals surface area contributed by atoms with Crippen LogP contribution in [0.5, 0.6) is 0 Å². The Morgan fingerprint density at radius 3 is 2.93 bits per heavy atom. The molecule has 1 N–H and O–H groups in total. The predicted molar refractivity (Wildman–Crippen MR) is 104 cm³/mol. The van der Waals surface area contributed by atoms with Crippen molar-refractivity contribution in [1.29, 1.82) is 0 Å². The molecule has 0 bridgehead atoms. The molecule has 4 rings (SSSR count). The number of nitrogens with zero attached hydrogens (tertiary/aromatic N) is 4. The van der Waals surface area contributed by atoms with Gasteiger partial charge in [-0.15, -0.1) is 11.3 Å². The zero-order valence-electron chi connectivity index (χ0n) is 16.0. The van der Waals surface area contributed by atoms with Gasteiger partial charge in [0.2, 0.25) is 0 Å². The lowest BCUT2D eigenvalue weighted by atomic mass is 9.85. The number of carbonyl (C=O) groups is 1. The van der Waals surface area contributed by atoms with Gasteiger partial charge in [-0.2, -0.15) is 5.10 Å². The highest BCUT2D eigenvalue weighted by molar-refractivity contribution is 7.14. The maximum absolute atomic E-state index is 12.7. The SMILES string of the molecule is CCN1CCC2(CC1)OCCc1cc(C(=O)NCCc3ncnn3C)sc12. The zero-order chi connectivity index (χ0) is 18.9. The van der Waals surface area contributed by atoms with Crippen LogP contribution in [-0.2, 0) is 30.2 Å². The van der Waals surface area contributed by atoms with E-state index in [1.807, 2.05) is 7.05 Å². The van der Waals surface area contributed by atoms with Crippen molar-refractivity contribution < 1.29 is 9.53 Å². The van der Waals surface area contributed by atoms with E-state index >= 15 is 0 Å². The van der Waals surface area contributed by atoms with Gasteiger partial charge in [-0.05, 0) is 37.4 Å². The molecule has 2 aromatic rings. The third-order valence-corrected chi connectivity index (χ3v) is 7.11. The van der Waals surface area contributed by atoms with Crippen LogP contribution in [0.1, 0.15) is 45.7 Å². The van der Waals surface area contributed by atoms with Crippen LogP contribution >= 0.6 is 11.3 Å². The number of aryl methyl sites for hydroxylation is 1.